The molecule has 280 valence electrons. The van der Waals surface area contributed by atoms with Crippen molar-refractivity contribution in [3.8, 4) is 0 Å². The lowest BCUT2D eigenvalue weighted by Crippen LogP contribution is -2.28. The molecular formula is C45H70O5. The first-order valence-corrected chi connectivity index (χ1v) is 19.4. The molecule has 5 heteroatoms. The average Bonchev–Trinajstić information content (AvgIpc) is 3.12. The maximum Gasteiger partial charge on any atom is 0.306 e. The van der Waals surface area contributed by atoms with Crippen LogP contribution in [0, 0.1) is 0 Å². The molecular weight excluding hydrogens is 620 g/mol. The van der Waals surface area contributed by atoms with Crippen LogP contribution in [0.2, 0.25) is 0 Å². The van der Waals surface area contributed by atoms with Crippen molar-refractivity contribution in [1.29, 1.82) is 0 Å². The zero-order valence-corrected chi connectivity index (χ0v) is 31.6. The van der Waals surface area contributed by atoms with E-state index in [4.69, 9.17) is 9.47 Å². The summed E-state index contributed by atoms with van der Waals surface area (Å²) >= 11 is 0. The van der Waals surface area contributed by atoms with Gasteiger partial charge in [0.15, 0.2) is 6.10 Å². The molecule has 0 aromatic heterocycles. The van der Waals surface area contributed by atoms with Gasteiger partial charge in [-0.25, -0.2) is 0 Å². The van der Waals surface area contributed by atoms with Crippen molar-refractivity contribution < 1.29 is 24.2 Å². The van der Waals surface area contributed by atoms with Crippen molar-refractivity contribution >= 4 is 11.9 Å². The first-order chi connectivity index (χ1) is 24.6. The molecule has 0 radical (unpaired) electrons. The van der Waals surface area contributed by atoms with Crippen LogP contribution in [0.4, 0.5) is 0 Å². The van der Waals surface area contributed by atoms with Crippen LogP contribution >= 0.6 is 0 Å². The summed E-state index contributed by atoms with van der Waals surface area (Å²) in [6.07, 6.45) is 57.2. The van der Waals surface area contributed by atoms with Gasteiger partial charge in [0.25, 0.3) is 0 Å². The fourth-order valence-corrected chi connectivity index (χ4v) is 4.64. The summed E-state index contributed by atoms with van der Waals surface area (Å²) in [5, 5.41) is 9.54. The molecule has 1 N–H and O–H groups in total. The monoisotopic (exact) mass is 691 g/mol. The van der Waals surface area contributed by atoms with Crippen LogP contribution < -0.4 is 0 Å². The zero-order chi connectivity index (χ0) is 36.4. The van der Waals surface area contributed by atoms with Gasteiger partial charge in [-0.2, -0.15) is 0 Å². The van der Waals surface area contributed by atoms with Crippen molar-refractivity contribution in [3.63, 3.8) is 0 Å². The lowest BCUT2D eigenvalue weighted by molar-refractivity contribution is -0.161. The summed E-state index contributed by atoms with van der Waals surface area (Å²) in [6, 6.07) is 0. The van der Waals surface area contributed by atoms with E-state index < -0.39 is 6.10 Å². The Morgan fingerprint density at radius 1 is 0.480 bits per heavy atom. The van der Waals surface area contributed by atoms with Gasteiger partial charge in [-0.15, -0.1) is 0 Å². The van der Waals surface area contributed by atoms with Crippen LogP contribution in [0.25, 0.3) is 0 Å². The van der Waals surface area contributed by atoms with Crippen LogP contribution in [0.1, 0.15) is 142 Å². The Balaban J connectivity index is 3.76. The molecule has 0 aromatic carbocycles. The lowest BCUT2D eigenvalue weighted by Gasteiger charge is -2.15. The minimum Gasteiger partial charge on any atom is -0.462 e. The molecule has 0 saturated heterocycles. The van der Waals surface area contributed by atoms with E-state index in [0.29, 0.717) is 12.8 Å². The highest BCUT2D eigenvalue weighted by Crippen LogP contribution is 2.09. The second kappa shape index (κ2) is 40.0. The number of esters is 2. The van der Waals surface area contributed by atoms with E-state index in [2.05, 4.69) is 123 Å². The molecule has 5 nitrogen and oxygen atoms in total. The smallest absolute Gasteiger partial charge is 0.306 e. The van der Waals surface area contributed by atoms with E-state index in [-0.39, 0.29) is 31.6 Å². The first-order valence-electron chi connectivity index (χ1n) is 19.4. The molecule has 0 aliphatic rings. The molecule has 50 heavy (non-hydrogen) atoms. The van der Waals surface area contributed by atoms with Gasteiger partial charge in [-0.1, -0.05) is 149 Å². The maximum atomic E-state index is 12.1. The van der Waals surface area contributed by atoms with Crippen LogP contribution in [0.15, 0.2) is 109 Å². The Morgan fingerprint density at radius 3 is 1.36 bits per heavy atom. The average molecular weight is 691 g/mol. The SMILES string of the molecule is CC/C=C\C/C=C\C/C=C\C/C=C\C/C=C\C/C=C\C/C=C\CCCC(=O)OC(CO)COC(=O)CCCCCCC/C=C\C/C=C\CCC. The number of ether oxygens (including phenoxy) is 2. The van der Waals surface area contributed by atoms with Crippen LogP contribution in [0.5, 0.6) is 0 Å². The summed E-state index contributed by atoms with van der Waals surface area (Å²) in [6.45, 7) is 3.87. The summed E-state index contributed by atoms with van der Waals surface area (Å²) in [5.74, 6) is -0.691. The minimum atomic E-state index is -0.815. The Labute approximate surface area is 306 Å². The number of carbonyl (C=O) groups excluding carboxylic acids is 2. The maximum absolute atomic E-state index is 12.1. The van der Waals surface area contributed by atoms with E-state index in [9.17, 15) is 14.7 Å². The number of aliphatic hydroxyl groups is 1. The highest BCUT2D eigenvalue weighted by Gasteiger charge is 2.15. The number of hydrogen-bond acceptors (Lipinski definition) is 5. The molecule has 0 amide bonds. The predicted molar refractivity (Wildman–Crippen MR) is 214 cm³/mol. The van der Waals surface area contributed by atoms with Gasteiger partial charge < -0.3 is 14.6 Å². The van der Waals surface area contributed by atoms with Crippen molar-refractivity contribution in [1.82, 2.24) is 0 Å². The number of carbonyl (C=O) groups is 2. The van der Waals surface area contributed by atoms with Crippen molar-refractivity contribution in [2.24, 2.45) is 0 Å². The second-order valence-corrected chi connectivity index (χ2v) is 12.3. The Morgan fingerprint density at radius 2 is 0.880 bits per heavy atom. The standard InChI is InChI=1S/C45H70O5/c1-3-5-7-9-11-13-15-17-18-19-20-21-22-23-24-25-26-28-30-32-34-36-38-40-45(48)50-43(41-46)42-49-44(47)39-37-35-33-31-29-27-16-14-12-10-8-6-4-2/h5,7-8,10-11,13-14,16-18,20-21,23-24,26,28,32,34,43,46H,3-4,6,9,12,15,19,22,25,27,29-31,33,35-42H2,1-2H3/b7-5-,10-8-,13-11-,16-14-,18-17-,21-20-,24-23-,28-26-,34-32-. The normalized spacial score (nSPS) is 13.4. The fraction of sp³-hybridized carbons (Fsp3) is 0.556. The van der Waals surface area contributed by atoms with Gasteiger partial charge in [0.05, 0.1) is 6.61 Å². The van der Waals surface area contributed by atoms with Crippen LogP contribution in [-0.2, 0) is 19.1 Å². The van der Waals surface area contributed by atoms with E-state index >= 15 is 0 Å². The zero-order valence-electron chi connectivity index (χ0n) is 31.6. The highest BCUT2D eigenvalue weighted by atomic mass is 16.6. The molecule has 0 bridgehead atoms. The predicted octanol–water partition coefficient (Wildman–Crippen LogP) is 12.3. The Hall–Kier alpha value is -3.44. The molecule has 1 atom stereocenters. The Kier molecular flexibility index (Phi) is 37.2. The van der Waals surface area contributed by atoms with Crippen molar-refractivity contribution in [2.75, 3.05) is 13.2 Å². The third kappa shape index (κ3) is 37.4. The third-order valence-electron chi connectivity index (χ3n) is 7.53. The topological polar surface area (TPSA) is 72.8 Å². The minimum absolute atomic E-state index is 0.104. The molecule has 0 spiro atoms. The highest BCUT2D eigenvalue weighted by molar-refractivity contribution is 5.70. The number of unbranched alkanes of at least 4 members (excludes halogenated alkanes) is 7. The number of allylic oxidation sites excluding steroid dienone is 18. The number of rotatable bonds is 33. The van der Waals surface area contributed by atoms with Crippen molar-refractivity contribution in [3.05, 3.63) is 109 Å². The van der Waals surface area contributed by atoms with Gasteiger partial charge in [-0.3, -0.25) is 9.59 Å². The van der Waals surface area contributed by atoms with Gasteiger partial charge >= 0.3 is 11.9 Å². The number of aliphatic hydroxyl groups excluding tert-OH is 1. The van der Waals surface area contributed by atoms with Crippen LogP contribution in [0.3, 0.4) is 0 Å². The largest absolute Gasteiger partial charge is 0.462 e. The van der Waals surface area contributed by atoms with Gasteiger partial charge in [0.1, 0.15) is 6.61 Å². The van der Waals surface area contributed by atoms with Gasteiger partial charge in [0.2, 0.25) is 0 Å². The quantitative estimate of drug-likeness (QED) is 0.0421. The molecule has 0 heterocycles. The van der Waals surface area contributed by atoms with E-state index in [1.807, 2.05) is 0 Å². The van der Waals surface area contributed by atoms with E-state index in [0.717, 1.165) is 96.3 Å². The second-order valence-electron chi connectivity index (χ2n) is 12.3. The van der Waals surface area contributed by atoms with E-state index in [1.54, 1.807) is 0 Å². The van der Waals surface area contributed by atoms with Crippen LogP contribution in [-0.4, -0.2) is 36.4 Å². The first kappa shape index (κ1) is 46.6. The Bertz CT molecular complexity index is 1050. The summed E-state index contributed by atoms with van der Waals surface area (Å²) in [4.78, 5) is 24.2. The molecule has 0 rings (SSSR count). The molecule has 0 aromatic rings. The van der Waals surface area contributed by atoms with Crippen molar-refractivity contribution in [2.45, 2.75) is 148 Å². The van der Waals surface area contributed by atoms with E-state index in [1.165, 1.54) is 12.8 Å². The number of hydrogen-bond donors (Lipinski definition) is 1. The summed E-state index contributed by atoms with van der Waals surface area (Å²) < 4.78 is 10.5. The van der Waals surface area contributed by atoms with Gasteiger partial charge in [-0.05, 0) is 89.9 Å². The molecule has 0 aliphatic carbocycles. The summed E-state index contributed by atoms with van der Waals surface area (Å²) in [7, 11) is 0. The summed E-state index contributed by atoms with van der Waals surface area (Å²) in [5.41, 5.74) is 0. The molecule has 0 fully saturated rings. The molecule has 1 unspecified atom stereocenters. The lowest BCUT2D eigenvalue weighted by atomic mass is 10.1. The third-order valence-corrected chi connectivity index (χ3v) is 7.53. The van der Waals surface area contributed by atoms with Gasteiger partial charge in [0, 0.05) is 12.8 Å². The molecule has 0 aliphatic heterocycles. The fourth-order valence-electron chi connectivity index (χ4n) is 4.64. The molecule has 0 saturated carbocycles.